The van der Waals surface area contributed by atoms with Gasteiger partial charge in [-0.15, -0.1) is 0 Å². The van der Waals surface area contributed by atoms with Crippen LogP contribution in [0.2, 0.25) is 0 Å². The highest BCUT2D eigenvalue weighted by molar-refractivity contribution is 7.66. The van der Waals surface area contributed by atoms with Crippen molar-refractivity contribution in [3.8, 4) is 0 Å². The van der Waals surface area contributed by atoms with E-state index >= 15 is 0 Å². The van der Waals surface area contributed by atoms with Gasteiger partial charge < -0.3 is 38.5 Å². The molecule has 7 unspecified atom stereocenters. The number of hydrogen-bond acceptors (Lipinski definition) is 10. The third kappa shape index (κ3) is 8.34. The molecule has 2 aliphatic rings. The fourth-order valence-electron chi connectivity index (χ4n) is 3.12. The van der Waals surface area contributed by atoms with Gasteiger partial charge >= 0.3 is 23.5 Å². The Bertz CT molecular complexity index is 731. The summed E-state index contributed by atoms with van der Waals surface area (Å²) in [5.41, 5.74) is 0. The largest absolute Gasteiger partial charge is 0.490 e. The van der Waals surface area contributed by atoms with Crippen LogP contribution in [0.5, 0.6) is 0 Å². The lowest BCUT2D eigenvalue weighted by molar-refractivity contribution is -0.290. The van der Waals surface area contributed by atoms with Gasteiger partial charge in [0, 0.05) is 26.0 Å². The minimum atomic E-state index is -5.61. The molecule has 2 heterocycles. The lowest BCUT2D eigenvalue weighted by Crippen LogP contribution is -2.48. The van der Waals surface area contributed by atoms with Crippen LogP contribution in [0.25, 0.3) is 0 Å². The molecule has 0 aliphatic carbocycles. The maximum absolute atomic E-state index is 11.9. The molecule has 0 amide bonds. The minimum absolute atomic E-state index is 0.136. The molecule has 18 heteroatoms. The van der Waals surface area contributed by atoms with Crippen molar-refractivity contribution in [3.05, 3.63) is 0 Å². The molecule has 0 saturated carbocycles. The van der Waals surface area contributed by atoms with Crippen LogP contribution >= 0.6 is 23.5 Å². The van der Waals surface area contributed by atoms with E-state index in [1.165, 1.54) is 7.11 Å². The van der Waals surface area contributed by atoms with Crippen LogP contribution in [0.15, 0.2) is 0 Å². The monoisotopic (exact) mass is 496 g/mol. The first-order chi connectivity index (χ1) is 13.6. The summed E-state index contributed by atoms with van der Waals surface area (Å²) in [6, 6.07) is -0.782. The van der Waals surface area contributed by atoms with Crippen molar-refractivity contribution in [1.82, 2.24) is 0 Å². The average Bonchev–Trinajstić information content (AvgIpc) is 2.89. The molecule has 0 aromatic heterocycles. The summed E-state index contributed by atoms with van der Waals surface area (Å²) in [4.78, 5) is 35.8. The molecule has 2 fully saturated rings. The third-order valence-electron chi connectivity index (χ3n) is 4.27. The molecule has 4 N–H and O–H groups in total. The fourth-order valence-corrected chi connectivity index (χ4v) is 6.15. The number of methoxy groups -OCH3 is 1. The fraction of sp³-hybridized carbons (Fsp3) is 1.00. The zero-order valence-corrected chi connectivity index (χ0v) is 18.8. The van der Waals surface area contributed by atoms with Crippen LogP contribution in [0.3, 0.4) is 0 Å². The summed E-state index contributed by atoms with van der Waals surface area (Å²) in [5.74, 6) is -0.995. The first-order valence-corrected chi connectivity index (χ1v) is 13.2. The van der Waals surface area contributed by atoms with Crippen LogP contribution in [0, 0.1) is 0 Å². The van der Waals surface area contributed by atoms with E-state index in [1.807, 2.05) is 6.92 Å². The molecule has 2 rings (SSSR count). The summed E-state index contributed by atoms with van der Waals surface area (Å²) in [6.45, 7) is 1.58. The van der Waals surface area contributed by atoms with Crippen LogP contribution in [-0.4, -0.2) is 77.8 Å². The van der Waals surface area contributed by atoms with Crippen molar-refractivity contribution < 1.29 is 65.4 Å². The highest BCUT2D eigenvalue weighted by Gasteiger charge is 2.46. The second kappa shape index (κ2) is 10.1. The Kier molecular flexibility index (Phi) is 8.92. The van der Waals surface area contributed by atoms with Crippen molar-refractivity contribution in [2.45, 2.75) is 56.3 Å². The van der Waals surface area contributed by atoms with Gasteiger partial charge in [-0.3, -0.25) is 4.52 Å². The Morgan fingerprint density at radius 3 is 2.37 bits per heavy atom. The number of phosphoric ester groups is 1. The SMILES string of the molecule is [B]C1CC(OC2(OC)CCOC(C)C2)C(COP(=O)(O)OP(=O)(O)OP(=O)(O)O)O1. The van der Waals surface area contributed by atoms with Gasteiger partial charge in [0.2, 0.25) is 0 Å². The van der Waals surface area contributed by atoms with Gasteiger partial charge in [-0.05, 0) is 13.3 Å². The second-order valence-electron chi connectivity index (χ2n) is 6.74. The number of phosphoric acid groups is 3. The molecule has 2 saturated heterocycles. The van der Waals surface area contributed by atoms with Gasteiger partial charge in [0.05, 0.1) is 25.4 Å². The van der Waals surface area contributed by atoms with Crippen LogP contribution in [-0.2, 0) is 45.8 Å². The lowest BCUT2D eigenvalue weighted by Gasteiger charge is -2.41. The molecule has 2 aliphatic heterocycles. The Morgan fingerprint density at radius 2 is 1.80 bits per heavy atom. The van der Waals surface area contributed by atoms with E-state index in [2.05, 4.69) is 13.1 Å². The van der Waals surface area contributed by atoms with Crippen LogP contribution in [0.1, 0.15) is 26.2 Å². The molecule has 2 radical (unpaired) electrons. The standard InChI is InChI=1S/C12H24BO14P3/c1-8-6-12(21-2,3-4-22-8)25-9-5-11(13)24-10(9)7-23-29(17,18)27-30(19,20)26-28(14,15)16/h8-11H,3-7H2,1-2H3,(H,17,18)(H,19,20)(H2,14,15,16). The van der Waals surface area contributed by atoms with Gasteiger partial charge in [0.15, 0.2) is 5.79 Å². The van der Waals surface area contributed by atoms with E-state index in [0.29, 0.717) is 19.4 Å². The van der Waals surface area contributed by atoms with E-state index in [-0.39, 0.29) is 12.5 Å². The molecule has 7 atom stereocenters. The van der Waals surface area contributed by atoms with Crippen molar-refractivity contribution >= 4 is 31.3 Å². The topological polar surface area (TPSA) is 197 Å². The molecule has 14 nitrogen and oxygen atoms in total. The highest BCUT2D eigenvalue weighted by Crippen LogP contribution is 2.66. The van der Waals surface area contributed by atoms with Crippen LogP contribution < -0.4 is 0 Å². The lowest BCUT2D eigenvalue weighted by atomic mass is 9.95. The normalized spacial score (nSPS) is 36.9. The smallest absolute Gasteiger partial charge is 0.380 e. The Morgan fingerprint density at radius 1 is 1.13 bits per heavy atom. The highest BCUT2D eigenvalue weighted by atomic mass is 31.3. The van der Waals surface area contributed by atoms with Gasteiger partial charge in [-0.25, -0.2) is 13.7 Å². The first-order valence-electron chi connectivity index (χ1n) is 8.68. The van der Waals surface area contributed by atoms with Gasteiger partial charge in [0.1, 0.15) is 14.0 Å². The minimum Gasteiger partial charge on any atom is -0.380 e. The van der Waals surface area contributed by atoms with Crippen molar-refractivity contribution in [2.75, 3.05) is 20.3 Å². The van der Waals surface area contributed by atoms with Crippen molar-refractivity contribution in [3.63, 3.8) is 0 Å². The van der Waals surface area contributed by atoms with E-state index in [4.69, 9.17) is 36.6 Å². The Hall–Kier alpha value is 0.315. The number of rotatable bonds is 10. The maximum Gasteiger partial charge on any atom is 0.490 e. The zero-order chi connectivity index (χ0) is 22.8. The molecular formula is C12H24BO14P3. The van der Waals surface area contributed by atoms with Crippen molar-refractivity contribution in [1.29, 1.82) is 0 Å². The van der Waals surface area contributed by atoms with E-state index in [1.54, 1.807) is 0 Å². The molecule has 0 aromatic rings. The van der Waals surface area contributed by atoms with Crippen molar-refractivity contribution in [2.24, 2.45) is 0 Å². The molecule has 0 bridgehead atoms. The summed E-state index contributed by atoms with van der Waals surface area (Å²) in [6.07, 6.45) is -0.805. The zero-order valence-electron chi connectivity index (χ0n) is 16.1. The number of hydrogen-bond donors (Lipinski definition) is 4. The Labute approximate surface area is 174 Å². The van der Waals surface area contributed by atoms with E-state index < -0.39 is 54.1 Å². The summed E-state index contributed by atoms with van der Waals surface area (Å²) in [7, 11) is -9.14. The average molecular weight is 496 g/mol. The molecule has 174 valence electrons. The molecule has 0 spiro atoms. The summed E-state index contributed by atoms with van der Waals surface area (Å²) < 4.78 is 68.3. The molecule has 30 heavy (non-hydrogen) atoms. The maximum atomic E-state index is 11.9. The number of ether oxygens (including phenoxy) is 4. The molecular weight excluding hydrogens is 472 g/mol. The van der Waals surface area contributed by atoms with Gasteiger partial charge in [-0.2, -0.15) is 8.62 Å². The Balaban J connectivity index is 1.99. The van der Waals surface area contributed by atoms with Gasteiger partial charge in [-0.1, -0.05) is 0 Å². The van der Waals surface area contributed by atoms with Crippen LogP contribution in [0.4, 0.5) is 0 Å². The van der Waals surface area contributed by atoms with Gasteiger partial charge in [0.25, 0.3) is 0 Å². The quantitative estimate of drug-likeness (QED) is 0.186. The molecule has 0 aromatic carbocycles. The second-order valence-corrected chi connectivity index (χ2v) is 11.2. The first kappa shape index (κ1) is 26.6. The predicted octanol–water partition coefficient (Wildman–Crippen LogP) is 0.540. The van der Waals surface area contributed by atoms with E-state index in [9.17, 15) is 23.5 Å². The summed E-state index contributed by atoms with van der Waals surface area (Å²) >= 11 is 0. The summed E-state index contributed by atoms with van der Waals surface area (Å²) in [5, 5.41) is 0. The van der Waals surface area contributed by atoms with E-state index in [0.717, 1.165) is 0 Å². The third-order valence-corrected chi connectivity index (χ3v) is 8.07. The predicted molar refractivity (Wildman–Crippen MR) is 98.1 cm³/mol.